The third-order valence-corrected chi connectivity index (χ3v) is 4.66. The van der Waals surface area contributed by atoms with E-state index in [4.69, 9.17) is 15.4 Å². The van der Waals surface area contributed by atoms with Crippen LogP contribution in [0.5, 0.6) is 5.75 Å². The average Bonchev–Trinajstić information content (AvgIpc) is 2.45. The van der Waals surface area contributed by atoms with Crippen molar-refractivity contribution in [3.05, 3.63) is 23.8 Å². The average molecular weight is 334 g/mol. The Labute approximate surface area is 130 Å². The fourth-order valence-corrected chi connectivity index (χ4v) is 3.06. The van der Waals surface area contributed by atoms with E-state index in [1.165, 1.54) is 19.2 Å². The molecular weight excluding hydrogens is 314 g/mol. The molecule has 0 radical (unpaired) electrons. The fourth-order valence-electron chi connectivity index (χ4n) is 2.01. The molecule has 0 saturated heterocycles. The normalized spacial score (nSPS) is 11.5. The third-order valence-electron chi connectivity index (χ3n) is 3.31. The molecule has 1 aromatic carbocycles. The number of nitrogens with one attached hydrogen (secondary N) is 1. The summed E-state index contributed by atoms with van der Waals surface area (Å²) in [5, 5.41) is 2.80. The van der Waals surface area contributed by atoms with Gasteiger partial charge in [0.1, 0.15) is 10.6 Å². The van der Waals surface area contributed by atoms with Crippen LogP contribution in [0.1, 0.15) is 32.3 Å². The van der Waals surface area contributed by atoms with Crippen molar-refractivity contribution in [1.29, 1.82) is 0 Å². The van der Waals surface area contributed by atoms with E-state index in [2.05, 4.69) is 5.32 Å². The highest BCUT2D eigenvalue weighted by Crippen LogP contribution is 2.27. The number of halogens is 1. The second-order valence-electron chi connectivity index (χ2n) is 4.65. The van der Waals surface area contributed by atoms with E-state index in [9.17, 15) is 13.2 Å². The molecule has 5 nitrogen and oxygen atoms in total. The predicted octanol–water partition coefficient (Wildman–Crippen LogP) is 2.68. The fraction of sp³-hybridized carbons (Fsp3) is 0.500. The van der Waals surface area contributed by atoms with Crippen LogP contribution >= 0.6 is 10.7 Å². The lowest BCUT2D eigenvalue weighted by molar-refractivity contribution is -0.125. The summed E-state index contributed by atoms with van der Waals surface area (Å²) >= 11 is 0. The molecule has 0 fully saturated rings. The molecule has 118 valence electrons. The molecule has 0 heterocycles. The van der Waals surface area contributed by atoms with Crippen LogP contribution in [-0.2, 0) is 20.4 Å². The van der Waals surface area contributed by atoms with Crippen molar-refractivity contribution in [3.8, 4) is 5.75 Å². The van der Waals surface area contributed by atoms with Gasteiger partial charge in [-0.3, -0.25) is 4.79 Å². The van der Waals surface area contributed by atoms with Crippen LogP contribution in [0.3, 0.4) is 0 Å². The van der Waals surface area contributed by atoms with Crippen molar-refractivity contribution in [2.45, 2.75) is 38.1 Å². The number of methoxy groups -OCH3 is 1. The number of rotatable bonds is 7. The molecule has 0 unspecified atom stereocenters. The Balaban J connectivity index is 2.89. The minimum Gasteiger partial charge on any atom is -0.495 e. The molecule has 0 aliphatic heterocycles. The van der Waals surface area contributed by atoms with Gasteiger partial charge in [-0.25, -0.2) is 8.42 Å². The highest BCUT2D eigenvalue weighted by molar-refractivity contribution is 8.13. The maximum absolute atomic E-state index is 11.9. The number of amides is 1. The first-order valence-electron chi connectivity index (χ1n) is 6.72. The first-order chi connectivity index (χ1) is 9.83. The minimum atomic E-state index is -3.90. The molecule has 1 rings (SSSR count). The summed E-state index contributed by atoms with van der Waals surface area (Å²) in [6.45, 7) is 4.16. The molecule has 7 heteroatoms. The second-order valence-corrected chi connectivity index (χ2v) is 7.19. The maximum Gasteiger partial charge on any atom is 0.264 e. The monoisotopic (exact) mass is 333 g/mol. The Bertz CT molecular complexity index is 597. The number of benzene rings is 1. The predicted molar refractivity (Wildman–Crippen MR) is 82.0 cm³/mol. The zero-order valence-corrected chi connectivity index (χ0v) is 13.9. The molecule has 1 aromatic rings. The first-order valence-corrected chi connectivity index (χ1v) is 9.03. The van der Waals surface area contributed by atoms with Gasteiger partial charge in [-0.1, -0.05) is 19.9 Å². The number of hydrogen-bond acceptors (Lipinski definition) is 4. The quantitative estimate of drug-likeness (QED) is 0.779. The molecule has 0 spiro atoms. The molecule has 0 aliphatic rings. The Morgan fingerprint density at radius 1 is 1.33 bits per heavy atom. The van der Waals surface area contributed by atoms with Gasteiger partial charge in [0.2, 0.25) is 5.91 Å². The molecule has 1 N–H and O–H groups in total. The summed E-state index contributed by atoms with van der Waals surface area (Å²) in [6.07, 6.45) is 1.54. The van der Waals surface area contributed by atoms with Gasteiger partial charge in [0, 0.05) is 23.1 Å². The van der Waals surface area contributed by atoms with E-state index in [-0.39, 0.29) is 29.0 Å². The molecule has 21 heavy (non-hydrogen) atoms. The Kier molecular flexibility index (Phi) is 6.48. The third kappa shape index (κ3) is 4.89. The van der Waals surface area contributed by atoms with Crippen molar-refractivity contribution in [2.24, 2.45) is 5.92 Å². The lowest BCUT2D eigenvalue weighted by atomic mass is 10.0. The lowest BCUT2D eigenvalue weighted by Gasteiger charge is -2.13. The van der Waals surface area contributed by atoms with Crippen molar-refractivity contribution in [3.63, 3.8) is 0 Å². The number of carbonyl (C=O) groups excluding carboxylic acids is 1. The summed E-state index contributed by atoms with van der Waals surface area (Å²) < 4.78 is 28.0. The Morgan fingerprint density at radius 3 is 2.43 bits per heavy atom. The lowest BCUT2D eigenvalue weighted by Crippen LogP contribution is -2.29. The number of ether oxygens (including phenoxy) is 1. The topological polar surface area (TPSA) is 72.5 Å². The van der Waals surface area contributed by atoms with Crippen LogP contribution in [0.2, 0.25) is 0 Å². The largest absolute Gasteiger partial charge is 0.495 e. The van der Waals surface area contributed by atoms with Crippen LogP contribution in [0.25, 0.3) is 0 Å². The molecule has 0 aromatic heterocycles. The summed E-state index contributed by atoms with van der Waals surface area (Å²) in [4.78, 5) is 11.8. The summed E-state index contributed by atoms with van der Waals surface area (Å²) in [6, 6.07) is 4.62. The van der Waals surface area contributed by atoms with E-state index in [0.717, 1.165) is 12.8 Å². The van der Waals surface area contributed by atoms with Gasteiger partial charge in [0.25, 0.3) is 9.05 Å². The molecular formula is C14H20ClNO4S. The highest BCUT2D eigenvalue weighted by atomic mass is 35.7. The van der Waals surface area contributed by atoms with Crippen LogP contribution in [0, 0.1) is 5.92 Å². The van der Waals surface area contributed by atoms with Crippen molar-refractivity contribution < 1.29 is 17.9 Å². The molecule has 0 aliphatic carbocycles. The van der Waals surface area contributed by atoms with Gasteiger partial charge in [0.15, 0.2) is 0 Å². The zero-order valence-electron chi connectivity index (χ0n) is 12.3. The standard InChI is InChI=1S/C14H20ClNO4S/c1-4-11(5-2)14(17)16-9-10-6-7-12(20-3)13(8-10)21(15,18)19/h6-8,11H,4-5,9H2,1-3H3,(H,16,17). The minimum absolute atomic E-state index is 0.0283. The summed E-state index contributed by atoms with van der Waals surface area (Å²) in [5.74, 6) is 0.116. The van der Waals surface area contributed by atoms with Gasteiger partial charge in [0.05, 0.1) is 7.11 Å². The van der Waals surface area contributed by atoms with Crippen molar-refractivity contribution in [2.75, 3.05) is 7.11 Å². The molecule has 0 bridgehead atoms. The van der Waals surface area contributed by atoms with Gasteiger partial charge < -0.3 is 10.1 Å². The molecule has 0 atom stereocenters. The maximum atomic E-state index is 11.9. The number of hydrogen-bond donors (Lipinski definition) is 1. The van der Waals surface area contributed by atoms with Crippen LogP contribution in [0.4, 0.5) is 0 Å². The summed E-state index contributed by atoms with van der Waals surface area (Å²) in [7, 11) is 2.85. The summed E-state index contributed by atoms with van der Waals surface area (Å²) in [5.41, 5.74) is 0.648. The SMILES string of the molecule is CCC(CC)C(=O)NCc1ccc(OC)c(S(=O)(=O)Cl)c1. The van der Waals surface area contributed by atoms with Gasteiger partial charge >= 0.3 is 0 Å². The first kappa shape index (κ1) is 17.8. The molecule has 0 saturated carbocycles. The van der Waals surface area contributed by atoms with Crippen LogP contribution in [0.15, 0.2) is 23.1 Å². The van der Waals surface area contributed by atoms with E-state index in [1.54, 1.807) is 6.07 Å². The van der Waals surface area contributed by atoms with E-state index >= 15 is 0 Å². The Hall–Kier alpha value is -1.27. The van der Waals surface area contributed by atoms with Gasteiger partial charge in [-0.2, -0.15) is 0 Å². The van der Waals surface area contributed by atoms with Gasteiger partial charge in [-0.15, -0.1) is 0 Å². The van der Waals surface area contributed by atoms with E-state index in [1.807, 2.05) is 13.8 Å². The highest BCUT2D eigenvalue weighted by Gasteiger charge is 2.18. The van der Waals surface area contributed by atoms with Gasteiger partial charge in [-0.05, 0) is 30.5 Å². The van der Waals surface area contributed by atoms with E-state index in [0.29, 0.717) is 5.56 Å². The molecule has 1 amide bonds. The van der Waals surface area contributed by atoms with Crippen LogP contribution in [-0.4, -0.2) is 21.4 Å². The smallest absolute Gasteiger partial charge is 0.264 e. The van der Waals surface area contributed by atoms with Crippen molar-refractivity contribution in [1.82, 2.24) is 5.32 Å². The zero-order chi connectivity index (χ0) is 16.0. The second kappa shape index (κ2) is 7.66. The van der Waals surface area contributed by atoms with Crippen molar-refractivity contribution >= 4 is 25.6 Å². The number of carbonyl (C=O) groups is 1. The Morgan fingerprint density at radius 2 is 1.95 bits per heavy atom. The van der Waals surface area contributed by atoms with Crippen LogP contribution < -0.4 is 10.1 Å². The van der Waals surface area contributed by atoms with E-state index < -0.39 is 9.05 Å².